The van der Waals surface area contributed by atoms with Gasteiger partial charge >= 0.3 is 0 Å². The number of likely N-dealkylation sites (tertiary alicyclic amines) is 1. The maximum atomic E-state index is 13.1. The number of hydrogen-bond donors (Lipinski definition) is 1. The topological polar surface area (TPSA) is 49.6 Å². The molecule has 0 radical (unpaired) electrons. The fourth-order valence-corrected chi connectivity index (χ4v) is 4.40. The van der Waals surface area contributed by atoms with Crippen molar-refractivity contribution in [1.82, 2.24) is 9.80 Å². The van der Waals surface area contributed by atoms with E-state index in [1.807, 2.05) is 29.2 Å². The lowest BCUT2D eigenvalue weighted by Crippen LogP contribution is -2.42. The van der Waals surface area contributed by atoms with Gasteiger partial charge in [-0.15, -0.1) is 0 Å². The van der Waals surface area contributed by atoms with Crippen LogP contribution in [0.15, 0.2) is 54.1 Å². The van der Waals surface area contributed by atoms with Crippen molar-refractivity contribution in [1.29, 1.82) is 0 Å². The van der Waals surface area contributed by atoms with Crippen molar-refractivity contribution in [3.63, 3.8) is 0 Å². The molecule has 1 aliphatic rings. The number of hydrogen-bond acceptors (Lipinski definition) is 3. The summed E-state index contributed by atoms with van der Waals surface area (Å²) in [5.74, 6) is 0.0870. The van der Waals surface area contributed by atoms with Gasteiger partial charge in [-0.1, -0.05) is 29.8 Å². The average Bonchev–Trinajstić information content (AvgIpc) is 2.70. The van der Waals surface area contributed by atoms with Gasteiger partial charge in [-0.2, -0.15) is 0 Å². The monoisotopic (exact) mass is 405 g/mol. The summed E-state index contributed by atoms with van der Waals surface area (Å²) in [6.45, 7) is 10.4. The normalized spacial score (nSPS) is 15.0. The van der Waals surface area contributed by atoms with Crippen molar-refractivity contribution in [2.45, 2.75) is 52.6 Å². The largest absolute Gasteiger partial charge is 0.399 e. The van der Waals surface area contributed by atoms with E-state index < -0.39 is 0 Å². The molecule has 0 aliphatic carbocycles. The zero-order valence-corrected chi connectivity index (χ0v) is 19.0. The van der Waals surface area contributed by atoms with Crippen LogP contribution in [-0.2, 0) is 0 Å². The first-order valence-electron chi connectivity index (χ1n) is 11.0. The van der Waals surface area contributed by atoms with E-state index >= 15 is 0 Å². The average molecular weight is 406 g/mol. The van der Waals surface area contributed by atoms with Crippen molar-refractivity contribution in [3.05, 3.63) is 70.8 Å². The highest BCUT2D eigenvalue weighted by Crippen LogP contribution is 2.33. The van der Waals surface area contributed by atoms with Gasteiger partial charge in [0, 0.05) is 36.4 Å². The molecule has 160 valence electrons. The minimum atomic E-state index is 0.0870. The molecule has 0 bridgehead atoms. The highest BCUT2D eigenvalue weighted by atomic mass is 16.2. The first-order chi connectivity index (χ1) is 14.3. The summed E-state index contributed by atoms with van der Waals surface area (Å²) in [6.07, 6.45) is 2.10. The molecule has 2 aromatic carbocycles. The van der Waals surface area contributed by atoms with E-state index in [0.717, 1.165) is 48.3 Å². The molecule has 0 saturated carbocycles. The van der Waals surface area contributed by atoms with Gasteiger partial charge in [0.1, 0.15) is 0 Å². The van der Waals surface area contributed by atoms with Crippen molar-refractivity contribution in [3.8, 4) is 0 Å². The van der Waals surface area contributed by atoms with Crippen LogP contribution in [0.25, 0.3) is 5.57 Å². The van der Waals surface area contributed by atoms with Crippen LogP contribution in [0.3, 0.4) is 0 Å². The molecule has 4 nitrogen and oxygen atoms in total. The second-order valence-electron chi connectivity index (χ2n) is 8.88. The third kappa shape index (κ3) is 4.93. The van der Waals surface area contributed by atoms with Crippen molar-refractivity contribution in [2.24, 2.45) is 0 Å². The third-order valence-electron chi connectivity index (χ3n) is 5.89. The first-order valence-corrected chi connectivity index (χ1v) is 11.0. The van der Waals surface area contributed by atoms with Crippen LogP contribution in [0.2, 0.25) is 0 Å². The van der Waals surface area contributed by atoms with Crippen LogP contribution in [-0.4, -0.2) is 47.9 Å². The van der Waals surface area contributed by atoms with Crippen molar-refractivity contribution >= 4 is 17.2 Å². The van der Waals surface area contributed by atoms with Crippen LogP contribution in [0.4, 0.5) is 5.69 Å². The minimum Gasteiger partial charge on any atom is -0.399 e. The molecule has 1 saturated heterocycles. The van der Waals surface area contributed by atoms with Gasteiger partial charge in [0.25, 0.3) is 5.91 Å². The Morgan fingerprint density at radius 3 is 2.00 bits per heavy atom. The summed E-state index contributed by atoms with van der Waals surface area (Å²) in [5, 5.41) is 0. The molecule has 0 atom stereocenters. The Morgan fingerprint density at radius 2 is 1.47 bits per heavy atom. The van der Waals surface area contributed by atoms with Crippen LogP contribution < -0.4 is 5.73 Å². The van der Waals surface area contributed by atoms with E-state index in [9.17, 15) is 4.79 Å². The smallest absolute Gasteiger partial charge is 0.254 e. The van der Waals surface area contributed by atoms with E-state index in [4.69, 9.17) is 5.73 Å². The summed E-state index contributed by atoms with van der Waals surface area (Å²) in [6, 6.07) is 16.6. The number of nitrogens with zero attached hydrogens (tertiary/aromatic N) is 2. The number of rotatable bonds is 5. The van der Waals surface area contributed by atoms with E-state index in [0.29, 0.717) is 0 Å². The molecular weight excluding hydrogens is 370 g/mol. The lowest BCUT2D eigenvalue weighted by molar-refractivity contribution is 0.0643. The molecule has 30 heavy (non-hydrogen) atoms. The zero-order chi connectivity index (χ0) is 21.8. The van der Waals surface area contributed by atoms with Crippen LogP contribution in [0, 0.1) is 0 Å². The molecule has 3 rings (SSSR count). The van der Waals surface area contributed by atoms with E-state index in [1.54, 1.807) is 0 Å². The SMILES string of the molecule is CC(C)N(C(=O)c1ccc(C(=C2CCN(C)CC2)c2cccc(N)c2)cc1)C(C)C. The Bertz CT molecular complexity index is 894. The maximum Gasteiger partial charge on any atom is 0.254 e. The van der Waals surface area contributed by atoms with Gasteiger partial charge in [-0.3, -0.25) is 4.79 Å². The highest BCUT2D eigenvalue weighted by Gasteiger charge is 2.22. The van der Waals surface area contributed by atoms with Gasteiger partial charge in [-0.05, 0) is 88.5 Å². The first kappa shape index (κ1) is 22.1. The van der Waals surface area contributed by atoms with Gasteiger partial charge in [0.05, 0.1) is 0 Å². The number of carbonyl (C=O) groups excluding carboxylic acids is 1. The van der Waals surface area contributed by atoms with Crippen LogP contribution >= 0.6 is 0 Å². The Kier molecular flexibility index (Phi) is 6.99. The second kappa shape index (κ2) is 9.48. The fraction of sp³-hybridized carbons (Fsp3) is 0.423. The molecule has 1 fully saturated rings. The molecule has 4 heteroatoms. The minimum absolute atomic E-state index is 0.0870. The number of nitrogen functional groups attached to an aromatic ring is 1. The lowest BCUT2D eigenvalue weighted by Gasteiger charge is -2.31. The van der Waals surface area contributed by atoms with Crippen molar-refractivity contribution < 1.29 is 4.79 Å². The van der Waals surface area contributed by atoms with Crippen LogP contribution in [0.1, 0.15) is 62.0 Å². The van der Waals surface area contributed by atoms with Gasteiger partial charge in [0.15, 0.2) is 0 Å². The number of anilines is 1. The number of carbonyl (C=O) groups is 1. The summed E-state index contributed by atoms with van der Waals surface area (Å²) < 4.78 is 0. The number of benzene rings is 2. The van der Waals surface area contributed by atoms with E-state index in [1.165, 1.54) is 11.1 Å². The molecule has 2 aromatic rings. The van der Waals surface area contributed by atoms with Gasteiger partial charge in [-0.25, -0.2) is 0 Å². The Morgan fingerprint density at radius 1 is 0.900 bits per heavy atom. The number of piperidine rings is 1. The molecule has 2 N–H and O–H groups in total. The third-order valence-corrected chi connectivity index (χ3v) is 5.89. The summed E-state index contributed by atoms with van der Waals surface area (Å²) >= 11 is 0. The van der Waals surface area contributed by atoms with Gasteiger partial charge in [0.2, 0.25) is 0 Å². The maximum absolute atomic E-state index is 13.1. The standard InChI is InChI=1S/C26H35N3O/c1-18(2)29(19(3)4)26(30)22-11-9-20(10-12-22)25(21-13-15-28(5)16-14-21)23-7-6-8-24(27)17-23/h6-12,17-19H,13-16,27H2,1-5H3. The molecule has 1 heterocycles. The number of nitrogens with two attached hydrogens (primary N) is 1. The molecule has 1 aliphatic heterocycles. The predicted molar refractivity (Wildman–Crippen MR) is 126 cm³/mol. The molecular formula is C26H35N3O. The highest BCUT2D eigenvalue weighted by molar-refractivity contribution is 5.95. The molecule has 0 aromatic heterocycles. The second-order valence-corrected chi connectivity index (χ2v) is 8.88. The summed E-state index contributed by atoms with van der Waals surface area (Å²) in [7, 11) is 2.17. The predicted octanol–water partition coefficient (Wildman–Crippen LogP) is 5.06. The van der Waals surface area contributed by atoms with E-state index in [2.05, 4.69) is 63.9 Å². The summed E-state index contributed by atoms with van der Waals surface area (Å²) in [4.78, 5) is 17.4. The molecule has 0 spiro atoms. The van der Waals surface area contributed by atoms with Gasteiger partial charge < -0.3 is 15.5 Å². The Balaban J connectivity index is 1.99. The fourth-order valence-electron chi connectivity index (χ4n) is 4.40. The molecule has 1 amide bonds. The molecule has 0 unspecified atom stereocenters. The summed E-state index contributed by atoms with van der Waals surface area (Å²) in [5.41, 5.74) is 12.6. The zero-order valence-electron chi connectivity index (χ0n) is 19.0. The van der Waals surface area contributed by atoms with E-state index in [-0.39, 0.29) is 18.0 Å². The van der Waals surface area contributed by atoms with Crippen LogP contribution in [0.5, 0.6) is 0 Å². The van der Waals surface area contributed by atoms with Crippen molar-refractivity contribution in [2.75, 3.05) is 25.9 Å². The quantitative estimate of drug-likeness (QED) is 0.708. The Labute approximate surface area is 181 Å². The Hall–Kier alpha value is -2.59. The lowest BCUT2D eigenvalue weighted by atomic mass is 9.88. The number of amides is 1.